The summed E-state index contributed by atoms with van der Waals surface area (Å²) in [6.07, 6.45) is 4.73. The Morgan fingerprint density at radius 1 is 1.45 bits per heavy atom. The zero-order valence-corrected chi connectivity index (χ0v) is 13.7. The fourth-order valence-electron chi connectivity index (χ4n) is 3.28. The lowest BCUT2D eigenvalue weighted by Crippen LogP contribution is -2.19. The highest BCUT2D eigenvalue weighted by molar-refractivity contribution is 9.10. The molecule has 0 radical (unpaired) electrons. The van der Waals surface area contributed by atoms with Gasteiger partial charge in [-0.1, -0.05) is 19.8 Å². The van der Waals surface area contributed by atoms with E-state index in [1.165, 1.54) is 12.8 Å². The summed E-state index contributed by atoms with van der Waals surface area (Å²) in [5.41, 5.74) is 1.67. The van der Waals surface area contributed by atoms with Gasteiger partial charge in [-0.3, -0.25) is 0 Å². The van der Waals surface area contributed by atoms with Crippen LogP contribution in [0.25, 0.3) is 11.0 Å². The van der Waals surface area contributed by atoms with Gasteiger partial charge in [0.25, 0.3) is 0 Å². The molecule has 0 aliphatic heterocycles. The van der Waals surface area contributed by atoms with E-state index in [0.717, 1.165) is 29.7 Å². The van der Waals surface area contributed by atoms with Crippen LogP contribution in [0, 0.1) is 11.7 Å². The van der Waals surface area contributed by atoms with Crippen LogP contribution >= 0.6 is 27.5 Å². The van der Waals surface area contributed by atoms with Gasteiger partial charge in [-0.2, -0.15) is 0 Å². The van der Waals surface area contributed by atoms with Crippen molar-refractivity contribution in [3.05, 3.63) is 28.2 Å². The number of halogens is 3. The average Bonchev–Trinajstić information content (AvgIpc) is 2.77. The number of hydrogen-bond donors (Lipinski definition) is 0. The molecule has 0 bridgehead atoms. The van der Waals surface area contributed by atoms with Crippen molar-refractivity contribution in [2.24, 2.45) is 5.92 Å². The van der Waals surface area contributed by atoms with Gasteiger partial charge in [0.1, 0.15) is 11.6 Å². The molecule has 2 atom stereocenters. The van der Waals surface area contributed by atoms with E-state index in [0.29, 0.717) is 22.3 Å². The van der Waals surface area contributed by atoms with Crippen molar-refractivity contribution in [2.45, 2.75) is 44.5 Å². The number of rotatable bonds is 2. The lowest BCUT2D eigenvalue weighted by molar-refractivity contribution is 0.283. The predicted octanol–water partition coefficient (Wildman–Crippen LogP) is 5.43. The molecule has 1 aromatic carbocycles. The van der Waals surface area contributed by atoms with E-state index >= 15 is 0 Å². The molecule has 2 aromatic rings. The summed E-state index contributed by atoms with van der Waals surface area (Å²) in [7, 11) is 0. The van der Waals surface area contributed by atoms with E-state index in [-0.39, 0.29) is 5.82 Å². The molecule has 2 unspecified atom stereocenters. The van der Waals surface area contributed by atoms with Crippen LogP contribution < -0.4 is 0 Å². The second-order valence-electron chi connectivity index (χ2n) is 5.71. The van der Waals surface area contributed by atoms with Crippen molar-refractivity contribution in [3.63, 3.8) is 0 Å². The van der Waals surface area contributed by atoms with Crippen molar-refractivity contribution < 1.29 is 4.39 Å². The topological polar surface area (TPSA) is 17.8 Å². The molecule has 1 fully saturated rings. The van der Waals surface area contributed by atoms with E-state index in [2.05, 4.69) is 32.4 Å². The van der Waals surface area contributed by atoms with E-state index in [9.17, 15) is 4.39 Å². The average molecular weight is 360 g/mol. The second-order valence-corrected chi connectivity index (χ2v) is 6.83. The highest BCUT2D eigenvalue weighted by Crippen LogP contribution is 2.36. The first-order valence-electron chi connectivity index (χ1n) is 7.02. The highest BCUT2D eigenvalue weighted by Gasteiger charge is 2.24. The van der Waals surface area contributed by atoms with Gasteiger partial charge >= 0.3 is 0 Å². The number of fused-ring (bicyclic) bond motifs is 1. The molecule has 0 amide bonds. The van der Waals surface area contributed by atoms with Crippen LogP contribution in [0.2, 0.25) is 0 Å². The van der Waals surface area contributed by atoms with Crippen molar-refractivity contribution >= 4 is 38.6 Å². The Kier molecular flexibility index (Phi) is 4.04. The van der Waals surface area contributed by atoms with Crippen molar-refractivity contribution in [1.82, 2.24) is 9.55 Å². The number of nitrogens with zero attached hydrogens (tertiary/aromatic N) is 2. The van der Waals surface area contributed by atoms with Crippen LogP contribution in [0.5, 0.6) is 0 Å². The Morgan fingerprint density at radius 3 is 2.95 bits per heavy atom. The standard InChI is InChI=1S/C15H17BrClFN2/c1-9-3-2-4-10(5-9)20-14-7-12(18)11(16)6-13(14)19-15(20)8-17/h6-7,9-10H,2-5,8H2,1H3. The van der Waals surface area contributed by atoms with Crippen LogP contribution in [-0.2, 0) is 5.88 Å². The Balaban J connectivity index is 2.14. The van der Waals surface area contributed by atoms with Gasteiger partial charge in [0.05, 0.1) is 21.4 Å². The summed E-state index contributed by atoms with van der Waals surface area (Å²) in [5, 5.41) is 0. The largest absolute Gasteiger partial charge is 0.324 e. The molecule has 2 nitrogen and oxygen atoms in total. The molecule has 5 heteroatoms. The minimum absolute atomic E-state index is 0.247. The number of benzene rings is 1. The number of alkyl halides is 1. The Labute approximate surface area is 131 Å². The molecule has 108 valence electrons. The molecule has 1 aliphatic carbocycles. The zero-order chi connectivity index (χ0) is 14.3. The Bertz CT molecular complexity index is 640. The summed E-state index contributed by atoms with van der Waals surface area (Å²) in [4.78, 5) is 4.57. The third kappa shape index (κ3) is 2.48. The number of aromatic nitrogens is 2. The maximum atomic E-state index is 13.9. The van der Waals surface area contributed by atoms with Gasteiger partial charge in [-0.25, -0.2) is 9.37 Å². The minimum atomic E-state index is -0.247. The molecule has 3 rings (SSSR count). The van der Waals surface area contributed by atoms with E-state index in [1.807, 2.05) is 0 Å². The molecule has 0 spiro atoms. The lowest BCUT2D eigenvalue weighted by atomic mass is 9.87. The van der Waals surface area contributed by atoms with Gasteiger partial charge in [-0.05, 0) is 40.8 Å². The minimum Gasteiger partial charge on any atom is -0.324 e. The van der Waals surface area contributed by atoms with Gasteiger partial charge in [-0.15, -0.1) is 11.6 Å². The van der Waals surface area contributed by atoms with E-state index in [4.69, 9.17) is 11.6 Å². The summed E-state index contributed by atoms with van der Waals surface area (Å²) < 4.78 is 16.5. The molecular weight excluding hydrogens is 343 g/mol. The van der Waals surface area contributed by atoms with Gasteiger partial charge in [0.2, 0.25) is 0 Å². The summed E-state index contributed by atoms with van der Waals surface area (Å²) in [5.74, 6) is 1.66. The maximum absolute atomic E-state index is 13.9. The molecule has 20 heavy (non-hydrogen) atoms. The molecule has 0 N–H and O–H groups in total. The van der Waals surface area contributed by atoms with Crippen molar-refractivity contribution in [3.8, 4) is 0 Å². The lowest BCUT2D eigenvalue weighted by Gasteiger charge is -2.29. The number of imidazole rings is 1. The summed E-state index contributed by atoms with van der Waals surface area (Å²) in [6, 6.07) is 3.70. The first-order valence-corrected chi connectivity index (χ1v) is 8.34. The maximum Gasteiger partial charge on any atom is 0.139 e. The van der Waals surface area contributed by atoms with Crippen LogP contribution in [0.4, 0.5) is 4.39 Å². The molecule has 1 saturated carbocycles. The third-order valence-corrected chi connectivity index (χ3v) is 5.04. The highest BCUT2D eigenvalue weighted by atomic mass is 79.9. The Morgan fingerprint density at radius 2 is 2.25 bits per heavy atom. The van der Waals surface area contributed by atoms with Crippen LogP contribution in [0.15, 0.2) is 16.6 Å². The first-order chi connectivity index (χ1) is 9.60. The van der Waals surface area contributed by atoms with Gasteiger partial charge in [0.15, 0.2) is 0 Å². The molecular formula is C15H17BrClFN2. The van der Waals surface area contributed by atoms with Crippen LogP contribution in [0.1, 0.15) is 44.5 Å². The Hall–Kier alpha value is -0.610. The summed E-state index contributed by atoms with van der Waals surface area (Å²) in [6.45, 7) is 2.28. The van der Waals surface area contributed by atoms with Gasteiger partial charge < -0.3 is 4.57 Å². The SMILES string of the molecule is CC1CCCC(n2c(CCl)nc3cc(Br)c(F)cc32)C1. The molecule has 0 saturated heterocycles. The molecule has 1 aromatic heterocycles. The quantitative estimate of drug-likeness (QED) is 0.654. The van der Waals surface area contributed by atoms with Crippen LogP contribution in [-0.4, -0.2) is 9.55 Å². The van der Waals surface area contributed by atoms with E-state index in [1.54, 1.807) is 12.1 Å². The fourth-order valence-corrected chi connectivity index (χ4v) is 3.80. The van der Waals surface area contributed by atoms with Gasteiger partial charge in [0, 0.05) is 12.1 Å². The molecule has 1 aliphatic rings. The normalized spacial score (nSPS) is 23.4. The smallest absolute Gasteiger partial charge is 0.139 e. The summed E-state index contributed by atoms with van der Waals surface area (Å²) >= 11 is 9.27. The van der Waals surface area contributed by atoms with Crippen molar-refractivity contribution in [1.29, 1.82) is 0 Å². The first kappa shape index (κ1) is 14.3. The second kappa shape index (κ2) is 5.64. The third-order valence-electron chi connectivity index (χ3n) is 4.20. The van der Waals surface area contributed by atoms with Crippen molar-refractivity contribution in [2.75, 3.05) is 0 Å². The predicted molar refractivity (Wildman–Crippen MR) is 83.6 cm³/mol. The number of hydrogen-bond acceptors (Lipinski definition) is 1. The molecule has 1 heterocycles. The fraction of sp³-hybridized carbons (Fsp3) is 0.533. The monoisotopic (exact) mass is 358 g/mol. The zero-order valence-electron chi connectivity index (χ0n) is 11.4. The van der Waals surface area contributed by atoms with Crippen LogP contribution in [0.3, 0.4) is 0 Å². The van der Waals surface area contributed by atoms with E-state index < -0.39 is 0 Å².